The van der Waals surface area contributed by atoms with Crippen molar-refractivity contribution in [3.05, 3.63) is 23.9 Å². The van der Waals surface area contributed by atoms with E-state index in [1.807, 2.05) is 0 Å². The number of carbonyl (C=O) groups is 2. The predicted octanol–water partition coefficient (Wildman–Crippen LogP) is -0.0403. The maximum Gasteiger partial charge on any atom is 0.332 e. The summed E-state index contributed by atoms with van der Waals surface area (Å²) in [7, 11) is 1.17. The van der Waals surface area contributed by atoms with Gasteiger partial charge < -0.3 is 13.6 Å². The van der Waals surface area contributed by atoms with Crippen molar-refractivity contribution in [3.63, 3.8) is 0 Å². The second kappa shape index (κ2) is 13.3. The SMILES string of the molecule is C=C(C)C(=O)OC.C=C([SiH2]O[SiH3])C(=O)OCCCC. The third kappa shape index (κ3) is 13.1. The van der Waals surface area contributed by atoms with Gasteiger partial charge in [-0.15, -0.1) is 0 Å². The Kier molecular flexibility index (Phi) is 14.0. The normalized spacial score (nSPS) is 9.63. The zero-order chi connectivity index (χ0) is 15.3. The molecule has 0 aliphatic carbocycles. The Balaban J connectivity index is 0. The van der Waals surface area contributed by atoms with Crippen LogP contribution in [0.25, 0.3) is 0 Å². The molecule has 0 aliphatic rings. The van der Waals surface area contributed by atoms with E-state index in [0.717, 1.165) is 12.8 Å². The fourth-order valence-corrected chi connectivity index (χ4v) is 2.43. The highest BCUT2D eigenvalue weighted by molar-refractivity contribution is 6.50. The van der Waals surface area contributed by atoms with Crippen LogP contribution >= 0.6 is 0 Å². The number of rotatable bonds is 7. The van der Waals surface area contributed by atoms with Crippen LogP contribution in [0.5, 0.6) is 0 Å². The largest absolute Gasteiger partial charge is 0.466 e. The van der Waals surface area contributed by atoms with E-state index in [1.54, 1.807) is 6.92 Å². The Labute approximate surface area is 120 Å². The molecular weight excluding hydrogens is 280 g/mol. The minimum atomic E-state index is -0.843. The summed E-state index contributed by atoms with van der Waals surface area (Å²) in [5.41, 5.74) is 0.433. The number of hydrogen-bond acceptors (Lipinski definition) is 5. The molecule has 0 saturated carbocycles. The fraction of sp³-hybridized carbons (Fsp3) is 0.500. The van der Waals surface area contributed by atoms with Crippen LogP contribution in [-0.4, -0.2) is 45.9 Å². The summed E-state index contributed by atoms with van der Waals surface area (Å²) < 4.78 is 14.2. The quantitative estimate of drug-likeness (QED) is 0.286. The van der Waals surface area contributed by atoms with E-state index in [4.69, 9.17) is 8.85 Å². The molecule has 0 fully saturated rings. The third-order valence-electron chi connectivity index (χ3n) is 1.87. The molecular formula is C12H24O5Si2. The first kappa shape index (κ1) is 20.1. The third-order valence-corrected chi connectivity index (χ3v) is 3.66. The molecule has 0 spiro atoms. The molecule has 0 aromatic carbocycles. The van der Waals surface area contributed by atoms with Gasteiger partial charge in [-0.05, 0) is 13.3 Å². The number of ether oxygens (including phenoxy) is 2. The van der Waals surface area contributed by atoms with E-state index < -0.39 is 9.76 Å². The second-order valence-electron chi connectivity index (χ2n) is 3.80. The Hall–Kier alpha value is -1.19. The lowest BCUT2D eigenvalue weighted by Gasteiger charge is -2.04. The molecule has 0 atom stereocenters. The van der Waals surface area contributed by atoms with Gasteiger partial charge in [0, 0.05) is 10.8 Å². The van der Waals surface area contributed by atoms with Crippen LogP contribution in [0.1, 0.15) is 26.7 Å². The van der Waals surface area contributed by atoms with Gasteiger partial charge in [0.05, 0.1) is 13.7 Å². The van der Waals surface area contributed by atoms with Crippen molar-refractivity contribution in [3.8, 4) is 0 Å². The summed E-state index contributed by atoms with van der Waals surface area (Å²) in [5, 5.41) is 0.543. The lowest BCUT2D eigenvalue weighted by Crippen LogP contribution is -2.14. The Morgan fingerprint density at radius 3 is 2.16 bits per heavy atom. The number of carbonyl (C=O) groups excluding carboxylic acids is 2. The van der Waals surface area contributed by atoms with Gasteiger partial charge in [-0.2, -0.15) is 0 Å². The number of methoxy groups -OCH3 is 1. The molecule has 0 bridgehead atoms. The lowest BCUT2D eigenvalue weighted by molar-refractivity contribution is -0.138. The standard InChI is InChI=1S/C7H16O3Si2.C5H8O2/c1-3-4-5-9-7(8)6(2)12-10-11;1-4(2)5(6)7-3/h2-5,12H2,1,11H3;1H2,2-3H3. The van der Waals surface area contributed by atoms with Crippen molar-refractivity contribution >= 4 is 32.2 Å². The molecule has 0 unspecified atom stereocenters. The topological polar surface area (TPSA) is 61.8 Å². The highest BCUT2D eigenvalue weighted by Gasteiger charge is 2.07. The Morgan fingerprint density at radius 1 is 1.26 bits per heavy atom. The summed E-state index contributed by atoms with van der Waals surface area (Å²) in [6, 6.07) is 0. The van der Waals surface area contributed by atoms with Gasteiger partial charge in [0.2, 0.25) is 0 Å². The van der Waals surface area contributed by atoms with E-state index in [1.165, 1.54) is 7.11 Å². The molecule has 0 amide bonds. The zero-order valence-electron chi connectivity index (χ0n) is 12.3. The Bertz CT molecular complexity index is 315. The monoisotopic (exact) mass is 304 g/mol. The molecule has 0 aliphatic heterocycles. The van der Waals surface area contributed by atoms with Crippen LogP contribution in [-0.2, 0) is 23.2 Å². The average molecular weight is 304 g/mol. The highest BCUT2D eigenvalue weighted by atomic mass is 28.3. The molecule has 0 heterocycles. The molecule has 7 heteroatoms. The van der Waals surface area contributed by atoms with Crippen molar-refractivity contribution in [1.82, 2.24) is 0 Å². The number of hydrogen-bond donors (Lipinski definition) is 0. The first-order valence-corrected chi connectivity index (χ1v) is 8.08. The van der Waals surface area contributed by atoms with E-state index in [-0.39, 0.29) is 11.9 Å². The first-order chi connectivity index (χ1) is 8.90. The van der Waals surface area contributed by atoms with Crippen molar-refractivity contribution in [1.29, 1.82) is 0 Å². The highest BCUT2D eigenvalue weighted by Crippen LogP contribution is 1.95. The fourth-order valence-electron chi connectivity index (χ4n) is 0.819. The maximum absolute atomic E-state index is 11.1. The summed E-state index contributed by atoms with van der Waals surface area (Å²) in [6.07, 6.45) is 1.96. The van der Waals surface area contributed by atoms with E-state index >= 15 is 0 Å². The van der Waals surface area contributed by atoms with Gasteiger partial charge in [-0.3, -0.25) is 0 Å². The van der Waals surface area contributed by atoms with Crippen molar-refractivity contribution < 1.29 is 23.2 Å². The molecule has 0 saturated heterocycles. The molecule has 0 radical (unpaired) electrons. The second-order valence-corrected chi connectivity index (χ2v) is 7.25. The van der Waals surface area contributed by atoms with Crippen LogP contribution in [0.3, 0.4) is 0 Å². The van der Waals surface area contributed by atoms with Crippen LogP contribution < -0.4 is 0 Å². The minimum absolute atomic E-state index is 0.272. The number of unbranched alkanes of at least 4 members (excludes halogenated alkanes) is 1. The van der Waals surface area contributed by atoms with Gasteiger partial charge in [0.1, 0.15) is 10.5 Å². The van der Waals surface area contributed by atoms with E-state index in [9.17, 15) is 9.59 Å². The van der Waals surface area contributed by atoms with Crippen molar-refractivity contribution in [2.75, 3.05) is 13.7 Å². The smallest absolute Gasteiger partial charge is 0.332 e. The molecule has 5 nitrogen and oxygen atoms in total. The molecule has 0 aromatic heterocycles. The van der Waals surface area contributed by atoms with Crippen LogP contribution in [0, 0.1) is 0 Å². The predicted molar refractivity (Wildman–Crippen MR) is 81.4 cm³/mol. The number of esters is 2. The van der Waals surface area contributed by atoms with Crippen LogP contribution in [0.2, 0.25) is 0 Å². The summed E-state index contributed by atoms with van der Waals surface area (Å²) in [5.74, 6) is -0.619. The first-order valence-electron chi connectivity index (χ1n) is 5.98. The molecule has 110 valence electrons. The zero-order valence-corrected chi connectivity index (χ0v) is 15.7. The van der Waals surface area contributed by atoms with Gasteiger partial charge in [-0.25, -0.2) is 9.59 Å². The van der Waals surface area contributed by atoms with Gasteiger partial charge in [0.15, 0.2) is 9.76 Å². The van der Waals surface area contributed by atoms with E-state index in [0.29, 0.717) is 27.9 Å². The van der Waals surface area contributed by atoms with Crippen molar-refractivity contribution in [2.24, 2.45) is 0 Å². The van der Waals surface area contributed by atoms with Gasteiger partial charge in [0.25, 0.3) is 0 Å². The summed E-state index contributed by atoms with van der Waals surface area (Å²) in [4.78, 5) is 21.2. The van der Waals surface area contributed by atoms with Crippen molar-refractivity contribution in [2.45, 2.75) is 26.7 Å². The average Bonchev–Trinajstić information content (AvgIpc) is 2.38. The maximum atomic E-state index is 11.1. The minimum Gasteiger partial charge on any atom is -0.466 e. The molecule has 0 aromatic rings. The Morgan fingerprint density at radius 2 is 1.84 bits per heavy atom. The van der Waals surface area contributed by atoms with Crippen LogP contribution in [0.4, 0.5) is 0 Å². The lowest BCUT2D eigenvalue weighted by atomic mass is 10.4. The molecule has 0 rings (SSSR count). The molecule has 19 heavy (non-hydrogen) atoms. The molecule has 0 N–H and O–H groups in total. The summed E-state index contributed by atoms with van der Waals surface area (Å²) >= 11 is 0. The van der Waals surface area contributed by atoms with Gasteiger partial charge in [-0.1, -0.05) is 26.5 Å². The van der Waals surface area contributed by atoms with Crippen LogP contribution in [0.15, 0.2) is 23.9 Å². The van der Waals surface area contributed by atoms with E-state index in [2.05, 4.69) is 24.8 Å². The van der Waals surface area contributed by atoms with Gasteiger partial charge >= 0.3 is 11.9 Å². The summed E-state index contributed by atoms with van der Waals surface area (Å²) in [6.45, 7) is 11.1.